The summed E-state index contributed by atoms with van der Waals surface area (Å²) in [4.78, 5) is 0. The van der Waals surface area contributed by atoms with E-state index < -0.39 is 0 Å². The van der Waals surface area contributed by atoms with Crippen molar-refractivity contribution in [3.05, 3.63) is 29.5 Å². The molecule has 0 N–H and O–H groups in total. The summed E-state index contributed by atoms with van der Waals surface area (Å²) in [5.74, 6) is 1.53. The fourth-order valence-electron chi connectivity index (χ4n) is 1.46. The number of furan rings is 1. The van der Waals surface area contributed by atoms with Crippen LogP contribution in [0.5, 0.6) is 5.75 Å². The van der Waals surface area contributed by atoms with E-state index in [0.717, 1.165) is 5.39 Å². The molecule has 3 nitrogen and oxygen atoms in total. The van der Waals surface area contributed by atoms with Crippen molar-refractivity contribution in [2.45, 2.75) is 5.88 Å². The molecular formula is C11H8ClNO2. The second kappa shape index (κ2) is 3.84. The number of hydrogen-bond donors (Lipinski definition) is 0. The molecule has 4 heteroatoms. The van der Waals surface area contributed by atoms with Gasteiger partial charge in [0.1, 0.15) is 5.76 Å². The van der Waals surface area contributed by atoms with Crippen LogP contribution in [-0.4, -0.2) is 7.11 Å². The minimum Gasteiger partial charge on any atom is -0.493 e. The van der Waals surface area contributed by atoms with Crippen LogP contribution in [0.2, 0.25) is 0 Å². The van der Waals surface area contributed by atoms with Crippen LogP contribution in [0.4, 0.5) is 0 Å². The van der Waals surface area contributed by atoms with Gasteiger partial charge >= 0.3 is 0 Å². The molecule has 2 aromatic rings. The highest BCUT2D eigenvalue weighted by atomic mass is 35.5. The molecule has 1 aromatic carbocycles. The molecule has 0 amide bonds. The topological polar surface area (TPSA) is 46.2 Å². The maximum Gasteiger partial charge on any atom is 0.176 e. The Bertz CT molecular complexity index is 539. The molecule has 0 aliphatic carbocycles. The van der Waals surface area contributed by atoms with E-state index in [1.54, 1.807) is 19.2 Å². The van der Waals surface area contributed by atoms with Gasteiger partial charge in [0.25, 0.3) is 0 Å². The van der Waals surface area contributed by atoms with Crippen LogP contribution < -0.4 is 4.74 Å². The van der Waals surface area contributed by atoms with Crippen molar-refractivity contribution >= 4 is 22.6 Å². The van der Waals surface area contributed by atoms with E-state index in [1.165, 1.54) is 0 Å². The summed E-state index contributed by atoms with van der Waals surface area (Å²) >= 11 is 5.67. The molecule has 0 bridgehead atoms. The molecule has 1 heterocycles. The van der Waals surface area contributed by atoms with Gasteiger partial charge in [0.15, 0.2) is 11.3 Å². The van der Waals surface area contributed by atoms with Crippen molar-refractivity contribution in [1.82, 2.24) is 0 Å². The number of rotatable bonds is 2. The van der Waals surface area contributed by atoms with Gasteiger partial charge in [-0.25, -0.2) is 0 Å². The first kappa shape index (κ1) is 9.88. The first-order valence-electron chi connectivity index (χ1n) is 4.35. The molecule has 0 aliphatic rings. The standard InChI is InChI=1S/C11H8ClNO2/c1-14-10-3-7(6-13)2-8-4-9(5-12)15-11(8)10/h2-4H,5H2,1H3. The number of nitrogens with zero attached hydrogens (tertiary/aromatic N) is 1. The zero-order valence-corrected chi connectivity index (χ0v) is 8.84. The van der Waals surface area contributed by atoms with Crippen LogP contribution in [0.25, 0.3) is 11.0 Å². The predicted molar refractivity (Wildman–Crippen MR) is 57.0 cm³/mol. The van der Waals surface area contributed by atoms with Gasteiger partial charge in [0.05, 0.1) is 24.6 Å². The summed E-state index contributed by atoms with van der Waals surface area (Å²) in [6, 6.07) is 7.27. The molecule has 0 atom stereocenters. The van der Waals surface area contributed by atoms with Crippen molar-refractivity contribution in [2.24, 2.45) is 0 Å². The van der Waals surface area contributed by atoms with Crippen LogP contribution in [0.15, 0.2) is 22.6 Å². The van der Waals surface area contributed by atoms with Crippen molar-refractivity contribution in [1.29, 1.82) is 5.26 Å². The average molecular weight is 222 g/mol. The number of fused-ring (bicyclic) bond motifs is 1. The molecule has 0 saturated carbocycles. The summed E-state index contributed by atoms with van der Waals surface area (Å²) in [6.45, 7) is 0. The Morgan fingerprint density at radius 1 is 1.47 bits per heavy atom. The molecule has 0 unspecified atom stereocenters. The lowest BCUT2D eigenvalue weighted by Gasteiger charge is -2.00. The van der Waals surface area contributed by atoms with E-state index in [-0.39, 0.29) is 0 Å². The highest BCUT2D eigenvalue weighted by Gasteiger charge is 2.10. The molecule has 0 spiro atoms. The van der Waals surface area contributed by atoms with Crippen LogP contribution in [-0.2, 0) is 5.88 Å². The largest absolute Gasteiger partial charge is 0.493 e. The highest BCUT2D eigenvalue weighted by molar-refractivity contribution is 6.17. The second-order valence-electron chi connectivity index (χ2n) is 3.06. The lowest BCUT2D eigenvalue weighted by Crippen LogP contribution is -1.84. The zero-order chi connectivity index (χ0) is 10.8. The number of benzene rings is 1. The molecule has 0 radical (unpaired) electrons. The third-order valence-corrected chi connectivity index (χ3v) is 2.38. The Morgan fingerprint density at radius 3 is 2.87 bits per heavy atom. The molecule has 1 aromatic heterocycles. The number of methoxy groups -OCH3 is 1. The van der Waals surface area contributed by atoms with Gasteiger partial charge in [-0.1, -0.05) is 0 Å². The van der Waals surface area contributed by atoms with Crippen LogP contribution >= 0.6 is 11.6 Å². The molecule has 0 saturated heterocycles. The maximum atomic E-state index is 8.82. The normalized spacial score (nSPS) is 10.2. The Kier molecular flexibility index (Phi) is 2.53. The number of ether oxygens (including phenoxy) is 1. The van der Waals surface area contributed by atoms with Crippen molar-refractivity contribution in [2.75, 3.05) is 7.11 Å². The Labute approximate surface area is 91.8 Å². The van der Waals surface area contributed by atoms with E-state index in [1.807, 2.05) is 6.07 Å². The Balaban J connectivity index is 2.73. The van der Waals surface area contributed by atoms with Gasteiger partial charge in [-0.05, 0) is 12.1 Å². The van der Waals surface area contributed by atoms with Crippen LogP contribution in [0.3, 0.4) is 0 Å². The van der Waals surface area contributed by atoms with E-state index in [9.17, 15) is 0 Å². The lowest BCUT2D eigenvalue weighted by molar-refractivity contribution is 0.408. The smallest absolute Gasteiger partial charge is 0.176 e. The van der Waals surface area contributed by atoms with Gasteiger partial charge in [-0.3, -0.25) is 0 Å². The summed E-state index contributed by atoms with van der Waals surface area (Å²) < 4.78 is 10.6. The summed E-state index contributed by atoms with van der Waals surface area (Å²) in [5.41, 5.74) is 1.17. The predicted octanol–water partition coefficient (Wildman–Crippen LogP) is 3.05. The molecule has 0 fully saturated rings. The highest BCUT2D eigenvalue weighted by Crippen LogP contribution is 2.30. The molecule has 0 aliphatic heterocycles. The Hall–Kier alpha value is -1.66. The monoisotopic (exact) mass is 221 g/mol. The van der Waals surface area contributed by atoms with Crippen molar-refractivity contribution in [3.8, 4) is 11.8 Å². The van der Waals surface area contributed by atoms with Gasteiger partial charge in [-0.2, -0.15) is 5.26 Å². The third-order valence-electron chi connectivity index (χ3n) is 2.11. The third kappa shape index (κ3) is 1.64. The molecular weight excluding hydrogens is 214 g/mol. The van der Waals surface area contributed by atoms with Crippen LogP contribution in [0.1, 0.15) is 11.3 Å². The van der Waals surface area contributed by atoms with Crippen LogP contribution in [0, 0.1) is 11.3 Å². The van der Waals surface area contributed by atoms with E-state index in [0.29, 0.717) is 28.5 Å². The maximum absolute atomic E-state index is 8.82. The van der Waals surface area contributed by atoms with Crippen molar-refractivity contribution < 1.29 is 9.15 Å². The van der Waals surface area contributed by atoms with Gasteiger partial charge in [0, 0.05) is 11.5 Å². The first-order chi connectivity index (χ1) is 7.28. The zero-order valence-electron chi connectivity index (χ0n) is 8.08. The average Bonchev–Trinajstić information content (AvgIpc) is 2.70. The van der Waals surface area contributed by atoms with Crippen molar-refractivity contribution in [3.63, 3.8) is 0 Å². The molecule has 15 heavy (non-hydrogen) atoms. The summed E-state index contributed by atoms with van der Waals surface area (Å²) in [7, 11) is 1.54. The quantitative estimate of drug-likeness (QED) is 0.733. The molecule has 2 rings (SSSR count). The number of alkyl halides is 1. The number of hydrogen-bond acceptors (Lipinski definition) is 3. The van der Waals surface area contributed by atoms with Gasteiger partial charge in [0.2, 0.25) is 0 Å². The summed E-state index contributed by atoms with van der Waals surface area (Å²) in [6.07, 6.45) is 0. The minimum atomic E-state index is 0.305. The first-order valence-corrected chi connectivity index (χ1v) is 4.88. The van der Waals surface area contributed by atoms with Gasteiger partial charge in [-0.15, -0.1) is 11.6 Å². The number of nitriles is 1. The SMILES string of the molecule is COc1cc(C#N)cc2cc(CCl)oc12. The summed E-state index contributed by atoms with van der Waals surface area (Å²) in [5, 5.41) is 9.65. The van der Waals surface area contributed by atoms with E-state index >= 15 is 0 Å². The number of halogens is 1. The Morgan fingerprint density at radius 2 is 2.27 bits per heavy atom. The fourth-order valence-corrected chi connectivity index (χ4v) is 1.59. The fraction of sp³-hybridized carbons (Fsp3) is 0.182. The second-order valence-corrected chi connectivity index (χ2v) is 3.32. The molecule has 76 valence electrons. The van der Waals surface area contributed by atoms with Gasteiger partial charge < -0.3 is 9.15 Å². The van der Waals surface area contributed by atoms with E-state index in [2.05, 4.69) is 6.07 Å². The lowest BCUT2D eigenvalue weighted by atomic mass is 10.1. The van der Waals surface area contributed by atoms with E-state index in [4.69, 9.17) is 26.0 Å². The minimum absolute atomic E-state index is 0.305.